The molecule has 36 nitrogen and oxygen atoms in total. The van der Waals surface area contributed by atoms with E-state index in [9.17, 15) is 76.2 Å². The van der Waals surface area contributed by atoms with E-state index in [1.165, 1.54) is 30.3 Å². The standard InChI is InChI=1S/C87H129Cl2N7O29S4/c1-86(2)74-64-71(128(108,109)110)24-26-77(74)95(79(86)19-7-4-8-20-80-87(3,29-12-6-17-59-126(102,103)104)75-65-72(129(111,112)113)25-27-78(75)96(80)34-16-18-60-127(105,106)107)33-15-5-9-22-82(97)92-32-36-115-38-40-117-42-44-119-46-48-121-50-52-123-54-56-125-58-57-124-55-53-122-51-49-120-47-45-118-43-41-116-39-37-114-35-28-83(98)93-67-76(73(66-85(100)101)68-61-69(88)63-70(89)62-68)94-84(99)23-11-14-31-91-81-21-10-13-30-90-81/h4,7-8,10,13,19-21,24-27,30,61-65,73,76H,5-6,9,11-12,14-18,22-23,28-29,31-60,66-67H2,1-3H3,(H8-,90,91,92,93,94,97,98,99,100,101,102,103,104,105,106,107,108,109,110,111,112,113)/p+1/t73?,76-,87?/m0/s1. The molecule has 0 fully saturated rings. The maximum atomic E-state index is 13.2. The number of carboxylic acids is 1. The van der Waals surface area contributed by atoms with Gasteiger partial charge in [-0.1, -0.05) is 60.3 Å². The van der Waals surface area contributed by atoms with Crippen LogP contribution in [0.15, 0.2) is 125 Å². The average Bonchev–Trinajstić information content (AvgIpc) is 1.59. The van der Waals surface area contributed by atoms with Crippen molar-refractivity contribution in [3.05, 3.63) is 142 Å². The molecule has 4 aromatic rings. The van der Waals surface area contributed by atoms with Crippen molar-refractivity contribution in [2.24, 2.45) is 0 Å². The van der Waals surface area contributed by atoms with E-state index in [0.29, 0.717) is 254 Å². The first kappa shape index (κ1) is 111. The van der Waals surface area contributed by atoms with Crippen molar-refractivity contribution in [3.8, 4) is 0 Å². The number of carboxylic acid groups (broad SMARTS) is 1. The van der Waals surface area contributed by atoms with Gasteiger partial charge in [-0.15, -0.1) is 0 Å². The summed E-state index contributed by atoms with van der Waals surface area (Å²) in [4.78, 5) is 56.5. The molecule has 9 N–H and O–H groups in total. The minimum Gasteiger partial charge on any atom is -0.481 e. The summed E-state index contributed by atoms with van der Waals surface area (Å²) in [6, 6.07) is 18.2. The highest BCUT2D eigenvalue weighted by molar-refractivity contribution is 7.86. The molecule has 129 heavy (non-hydrogen) atoms. The number of allylic oxidation sites excluding steroid dienone is 6. The normalized spacial score (nSPS) is 15.4. The molecule has 3 amide bonds. The molecule has 6 rings (SSSR count). The van der Waals surface area contributed by atoms with Crippen molar-refractivity contribution in [2.75, 3.05) is 213 Å². The Bertz CT molecular complexity index is 4650. The monoisotopic (exact) mass is 1930 g/mol. The first-order chi connectivity index (χ1) is 61.7. The topological polar surface area (TPSA) is 484 Å². The second kappa shape index (κ2) is 60.2. The van der Waals surface area contributed by atoms with Gasteiger partial charge in [0.25, 0.3) is 40.5 Å². The van der Waals surface area contributed by atoms with Crippen molar-refractivity contribution in [3.63, 3.8) is 0 Å². The number of carbonyl (C=O) groups is 4. The summed E-state index contributed by atoms with van der Waals surface area (Å²) in [5, 5.41) is 22.3. The van der Waals surface area contributed by atoms with Crippen LogP contribution in [0.2, 0.25) is 10.0 Å². The molecule has 0 radical (unpaired) electrons. The van der Waals surface area contributed by atoms with Crippen molar-refractivity contribution >= 4 is 110 Å². The van der Waals surface area contributed by atoms with E-state index >= 15 is 0 Å². The SMILES string of the molecule is CC1(C)C(/C=C/C=C/C=C2\N(CCCCS(=O)(=O)O)c3ccc(S(=O)(=O)O)cc3C2(C)CCCCCS(=O)(=O)O)=[N+](CCCCCC(=O)NCCOCCOCCOCCOCCOCCOCCOCCOCCOCCOCCOCCOCCC(=O)NC[C@H](NC(=O)CCCCNc2ccccn2)C(CC(=O)O)c2cc(Cl)cc(Cl)c2)c2ccc(S(=O)(=O)O)cc21. The van der Waals surface area contributed by atoms with Crippen LogP contribution in [0, 0.1) is 0 Å². The number of anilines is 2. The summed E-state index contributed by atoms with van der Waals surface area (Å²) in [6.07, 6.45) is 15.9. The number of hydrogen-bond donors (Lipinski definition) is 9. The Balaban J connectivity index is 0.718. The first-order valence-corrected chi connectivity index (χ1v) is 50.2. The molecule has 0 aliphatic carbocycles. The maximum absolute atomic E-state index is 13.2. The number of hydrogen-bond acceptors (Lipinski definition) is 27. The van der Waals surface area contributed by atoms with Crippen molar-refractivity contribution < 1.29 is 138 Å². The van der Waals surface area contributed by atoms with Gasteiger partial charge in [0.15, 0.2) is 5.71 Å². The van der Waals surface area contributed by atoms with Gasteiger partial charge in [-0.25, -0.2) is 4.98 Å². The van der Waals surface area contributed by atoms with Gasteiger partial charge in [0.05, 0.1) is 198 Å². The van der Waals surface area contributed by atoms with Gasteiger partial charge < -0.3 is 88.1 Å². The minimum atomic E-state index is -4.64. The summed E-state index contributed by atoms with van der Waals surface area (Å²) in [6.45, 7) is 16.1. The van der Waals surface area contributed by atoms with Crippen LogP contribution in [-0.4, -0.2) is 305 Å². The minimum absolute atomic E-state index is 0.0262. The molecule has 2 aliphatic rings. The molecule has 1 aromatic heterocycles. The van der Waals surface area contributed by atoms with Crippen molar-refractivity contribution in [1.29, 1.82) is 0 Å². The number of amides is 3. The van der Waals surface area contributed by atoms with Gasteiger partial charge in [0.2, 0.25) is 23.4 Å². The number of ether oxygens (including phenoxy) is 12. The Kier molecular flexibility index (Phi) is 51.7. The lowest BCUT2D eigenvalue weighted by Crippen LogP contribution is -2.47. The molecule has 3 heterocycles. The van der Waals surface area contributed by atoms with Gasteiger partial charge in [-0.3, -0.25) is 37.4 Å². The summed E-state index contributed by atoms with van der Waals surface area (Å²) >= 11 is 12.6. The number of pyridine rings is 1. The summed E-state index contributed by atoms with van der Waals surface area (Å²) in [7, 11) is -17.7. The highest BCUT2D eigenvalue weighted by Crippen LogP contribution is 2.52. The van der Waals surface area contributed by atoms with E-state index in [1.807, 2.05) is 62.1 Å². The van der Waals surface area contributed by atoms with Gasteiger partial charge in [-0.05, 0) is 150 Å². The number of benzene rings is 3. The molecular weight excluding hydrogens is 1810 g/mol. The lowest BCUT2D eigenvalue weighted by Gasteiger charge is -2.30. The molecule has 2 unspecified atom stereocenters. The number of aliphatic carboxylic acids is 1. The third-order valence-electron chi connectivity index (χ3n) is 20.8. The number of halogens is 2. The smallest absolute Gasteiger partial charge is 0.304 e. The highest BCUT2D eigenvalue weighted by atomic mass is 35.5. The fraction of sp³-hybridized carbons (Fsp3) is 0.609. The first-order valence-electron chi connectivity index (χ1n) is 43.4. The van der Waals surface area contributed by atoms with Crippen LogP contribution >= 0.6 is 23.2 Å². The predicted molar refractivity (Wildman–Crippen MR) is 486 cm³/mol. The Morgan fingerprint density at radius 2 is 0.977 bits per heavy atom. The number of nitrogens with one attached hydrogen (secondary N) is 4. The lowest BCUT2D eigenvalue weighted by atomic mass is 9.77. The van der Waals surface area contributed by atoms with E-state index in [2.05, 4.69) is 30.8 Å². The number of unbranched alkanes of at least 4 members (excludes halogenated alkanes) is 6. The average molecular weight is 1940 g/mol. The van der Waals surface area contributed by atoms with Gasteiger partial charge >= 0.3 is 5.97 Å². The maximum Gasteiger partial charge on any atom is 0.304 e. The Labute approximate surface area is 768 Å². The predicted octanol–water partition coefficient (Wildman–Crippen LogP) is 9.56. The van der Waals surface area contributed by atoms with Crippen LogP contribution in [0.25, 0.3) is 0 Å². The number of rotatable bonds is 74. The Morgan fingerprint density at radius 3 is 1.49 bits per heavy atom. The zero-order valence-corrected chi connectivity index (χ0v) is 78.6. The molecule has 2 aliphatic heterocycles. The second-order valence-electron chi connectivity index (χ2n) is 31.1. The largest absolute Gasteiger partial charge is 0.481 e. The van der Waals surface area contributed by atoms with Crippen molar-refractivity contribution in [1.82, 2.24) is 20.9 Å². The molecular formula is C87H130Cl2N7O29S4+. The van der Waals surface area contributed by atoms with Crippen LogP contribution < -0.4 is 26.2 Å². The van der Waals surface area contributed by atoms with Gasteiger partial charge in [0, 0.05) is 109 Å². The lowest BCUT2D eigenvalue weighted by molar-refractivity contribution is -0.438. The van der Waals surface area contributed by atoms with Crippen LogP contribution in [0.5, 0.6) is 0 Å². The quantitative estimate of drug-likeness (QED) is 0.00859. The number of fused-ring (bicyclic) bond motifs is 2. The fourth-order valence-electron chi connectivity index (χ4n) is 14.3. The Morgan fingerprint density at radius 1 is 0.496 bits per heavy atom. The van der Waals surface area contributed by atoms with E-state index in [1.54, 1.807) is 42.6 Å². The number of nitrogens with zero attached hydrogens (tertiary/aromatic N) is 3. The molecule has 0 spiro atoms. The highest BCUT2D eigenvalue weighted by Gasteiger charge is 2.46. The van der Waals surface area contributed by atoms with Crippen LogP contribution in [0.1, 0.15) is 140 Å². The molecule has 0 saturated heterocycles. The third kappa shape index (κ3) is 44.6. The number of aromatic nitrogens is 1. The second-order valence-corrected chi connectivity index (χ2v) is 37.9. The van der Waals surface area contributed by atoms with E-state index in [-0.39, 0.29) is 98.9 Å². The van der Waals surface area contributed by atoms with E-state index in [0.717, 1.165) is 17.2 Å². The van der Waals surface area contributed by atoms with E-state index < -0.39 is 80.7 Å². The molecule has 0 bridgehead atoms. The van der Waals surface area contributed by atoms with E-state index in [4.69, 9.17) is 80.0 Å². The Hall–Kier alpha value is -7.08. The van der Waals surface area contributed by atoms with Crippen molar-refractivity contribution in [2.45, 2.75) is 150 Å². The molecule has 3 aromatic carbocycles. The van der Waals surface area contributed by atoms with Crippen LogP contribution in [0.3, 0.4) is 0 Å². The summed E-state index contributed by atoms with van der Waals surface area (Å²) < 4.78 is 204. The summed E-state index contributed by atoms with van der Waals surface area (Å²) in [5.41, 5.74) is 2.90. The zero-order valence-electron chi connectivity index (χ0n) is 73.8. The van der Waals surface area contributed by atoms with Gasteiger partial charge in [-0.2, -0.15) is 38.2 Å². The fourth-order valence-corrected chi connectivity index (χ4v) is 17.0. The van der Waals surface area contributed by atoms with Gasteiger partial charge in [0.1, 0.15) is 12.4 Å². The summed E-state index contributed by atoms with van der Waals surface area (Å²) in [5.74, 6) is -2.80. The molecule has 42 heteroatoms. The van der Waals surface area contributed by atoms with Crippen LogP contribution in [0.4, 0.5) is 17.2 Å². The number of carbonyl (C=O) groups excluding carboxylic acids is 3. The molecule has 724 valence electrons. The van der Waals surface area contributed by atoms with Crippen LogP contribution in [-0.2, 0) is 127 Å². The molecule has 3 atom stereocenters. The zero-order chi connectivity index (χ0) is 93.8. The molecule has 0 saturated carbocycles. The third-order valence-corrected chi connectivity index (χ3v) is 24.5.